The molecule has 0 radical (unpaired) electrons. The maximum absolute atomic E-state index is 13.7. The van der Waals surface area contributed by atoms with Crippen molar-refractivity contribution in [3.8, 4) is 0 Å². The van der Waals surface area contributed by atoms with Crippen LogP contribution < -0.4 is 16.0 Å². The van der Waals surface area contributed by atoms with E-state index in [-0.39, 0.29) is 11.6 Å². The monoisotopic (exact) mass is 551 g/mol. The van der Waals surface area contributed by atoms with Gasteiger partial charge in [-0.1, -0.05) is 19.2 Å². The summed E-state index contributed by atoms with van der Waals surface area (Å²) in [5.74, 6) is 0.309. The van der Waals surface area contributed by atoms with Gasteiger partial charge in [0, 0.05) is 58.6 Å². The lowest BCUT2D eigenvalue weighted by Gasteiger charge is -2.27. The number of piperidine rings is 1. The summed E-state index contributed by atoms with van der Waals surface area (Å²) < 4.78 is 44.5. The number of alkyl halides is 3. The number of fused-ring (bicyclic) bond motifs is 1. The highest BCUT2D eigenvalue weighted by Gasteiger charge is 2.31. The van der Waals surface area contributed by atoms with E-state index < -0.39 is 12.7 Å². The molecule has 1 aromatic carbocycles. The van der Waals surface area contributed by atoms with Crippen molar-refractivity contribution in [2.45, 2.75) is 57.9 Å². The SMILES string of the molecule is C=C1CCC(Nc2cccc3c2cc(C2=NCC(CNC(=C)c4ccn(C(C)(C)C)c4)=N2)n3CC(F)(F)F)CN1. The Hall–Kier alpha value is -3.95. The molecule has 0 amide bonds. The van der Waals surface area contributed by atoms with Crippen LogP contribution >= 0.6 is 0 Å². The highest BCUT2D eigenvalue weighted by atomic mass is 19.4. The zero-order valence-corrected chi connectivity index (χ0v) is 23.2. The Morgan fingerprint density at radius 1 is 1.20 bits per heavy atom. The lowest BCUT2D eigenvalue weighted by atomic mass is 10.0. The van der Waals surface area contributed by atoms with E-state index in [2.05, 4.69) is 64.4 Å². The molecule has 3 N–H and O–H groups in total. The summed E-state index contributed by atoms with van der Waals surface area (Å²) in [5.41, 5.74) is 5.07. The lowest BCUT2D eigenvalue weighted by Crippen LogP contribution is -2.37. The summed E-state index contributed by atoms with van der Waals surface area (Å²) in [6.45, 7) is 14.8. The molecule has 1 unspecified atom stereocenters. The maximum atomic E-state index is 13.7. The van der Waals surface area contributed by atoms with E-state index in [9.17, 15) is 13.2 Å². The highest BCUT2D eigenvalue weighted by molar-refractivity contribution is 6.14. The van der Waals surface area contributed by atoms with Crippen LogP contribution in [-0.4, -0.2) is 52.5 Å². The number of hydrogen-bond acceptors (Lipinski definition) is 5. The number of aromatic nitrogens is 2. The fourth-order valence-corrected chi connectivity index (χ4v) is 5.02. The molecule has 40 heavy (non-hydrogen) atoms. The molecule has 0 bridgehead atoms. The van der Waals surface area contributed by atoms with Gasteiger partial charge in [0.25, 0.3) is 0 Å². The van der Waals surface area contributed by atoms with Crippen molar-refractivity contribution < 1.29 is 13.2 Å². The molecule has 4 heterocycles. The number of aliphatic imine (C=N–C) groups is 2. The molecule has 2 aliphatic rings. The van der Waals surface area contributed by atoms with Crippen LogP contribution in [0.15, 0.2) is 71.6 Å². The van der Waals surface area contributed by atoms with Gasteiger partial charge in [-0.3, -0.25) is 4.99 Å². The molecular formula is C30H36F3N7. The van der Waals surface area contributed by atoms with Crippen molar-refractivity contribution in [1.82, 2.24) is 19.8 Å². The van der Waals surface area contributed by atoms with Crippen molar-refractivity contribution in [3.63, 3.8) is 0 Å². The average Bonchev–Trinajstić information content (AvgIpc) is 3.62. The molecule has 1 fully saturated rings. The van der Waals surface area contributed by atoms with Gasteiger partial charge in [0.15, 0.2) is 5.84 Å². The summed E-state index contributed by atoms with van der Waals surface area (Å²) in [6.07, 6.45) is 1.41. The van der Waals surface area contributed by atoms with Gasteiger partial charge in [0.1, 0.15) is 6.54 Å². The van der Waals surface area contributed by atoms with Gasteiger partial charge in [-0.2, -0.15) is 13.2 Å². The van der Waals surface area contributed by atoms with Crippen LogP contribution in [0.4, 0.5) is 18.9 Å². The average molecular weight is 552 g/mol. The summed E-state index contributed by atoms with van der Waals surface area (Å²) in [4.78, 5) is 9.16. The second kappa shape index (κ2) is 10.6. The normalized spacial score (nSPS) is 17.9. The quantitative estimate of drug-likeness (QED) is 0.327. The Kier molecular flexibility index (Phi) is 7.29. The minimum absolute atomic E-state index is 0.0382. The van der Waals surface area contributed by atoms with Gasteiger partial charge in [-0.15, -0.1) is 0 Å². The number of hydrogen-bond donors (Lipinski definition) is 3. The predicted molar refractivity (Wildman–Crippen MR) is 157 cm³/mol. The van der Waals surface area contributed by atoms with Crippen LogP contribution in [0.3, 0.4) is 0 Å². The summed E-state index contributed by atoms with van der Waals surface area (Å²) >= 11 is 0. The van der Waals surface area contributed by atoms with Crippen LogP contribution in [-0.2, 0) is 12.1 Å². The van der Waals surface area contributed by atoms with Crippen molar-refractivity contribution in [2.75, 3.05) is 25.0 Å². The van der Waals surface area contributed by atoms with Gasteiger partial charge in [-0.05, 0) is 57.9 Å². The van der Waals surface area contributed by atoms with Gasteiger partial charge >= 0.3 is 6.18 Å². The molecule has 1 atom stereocenters. The molecule has 7 nitrogen and oxygen atoms in total. The molecule has 3 aromatic rings. The van der Waals surface area contributed by atoms with Crippen molar-refractivity contribution in [3.05, 3.63) is 72.8 Å². The Balaban J connectivity index is 1.37. The highest BCUT2D eigenvalue weighted by Crippen LogP contribution is 2.32. The molecule has 2 aromatic heterocycles. The van der Waals surface area contributed by atoms with E-state index in [1.807, 2.05) is 24.5 Å². The zero-order valence-electron chi connectivity index (χ0n) is 23.2. The second-order valence-electron chi connectivity index (χ2n) is 11.5. The first kappa shape index (κ1) is 27.6. The minimum atomic E-state index is -4.40. The maximum Gasteiger partial charge on any atom is 0.406 e. The van der Waals surface area contributed by atoms with Gasteiger partial charge in [0.05, 0.1) is 30.0 Å². The van der Waals surface area contributed by atoms with Gasteiger partial charge < -0.3 is 25.1 Å². The van der Waals surface area contributed by atoms with Gasteiger partial charge in [-0.25, -0.2) is 4.99 Å². The van der Waals surface area contributed by atoms with Crippen molar-refractivity contribution in [1.29, 1.82) is 0 Å². The van der Waals surface area contributed by atoms with Crippen LogP contribution in [0.2, 0.25) is 0 Å². The largest absolute Gasteiger partial charge is 0.406 e. The molecule has 0 spiro atoms. The Bertz CT molecular complexity index is 1490. The fourth-order valence-electron chi connectivity index (χ4n) is 5.02. The number of allylic oxidation sites excluding steroid dienone is 1. The molecule has 0 aliphatic carbocycles. The van der Waals surface area contributed by atoms with Crippen LogP contribution in [0, 0.1) is 0 Å². The molecular weight excluding hydrogens is 515 g/mol. The Labute approximate surface area is 232 Å². The lowest BCUT2D eigenvalue weighted by molar-refractivity contribution is -0.139. The first-order valence-electron chi connectivity index (χ1n) is 13.5. The topological polar surface area (TPSA) is 70.7 Å². The second-order valence-corrected chi connectivity index (χ2v) is 11.5. The minimum Gasteiger partial charge on any atom is -0.387 e. The molecule has 2 aliphatic heterocycles. The zero-order chi connectivity index (χ0) is 28.7. The smallest absolute Gasteiger partial charge is 0.387 e. The molecule has 10 heteroatoms. The number of benzene rings is 1. The van der Waals surface area contributed by atoms with Crippen molar-refractivity contribution in [2.24, 2.45) is 9.98 Å². The van der Waals surface area contributed by atoms with Crippen LogP contribution in [0.5, 0.6) is 0 Å². The Morgan fingerprint density at radius 2 is 2.00 bits per heavy atom. The van der Waals surface area contributed by atoms with E-state index in [0.717, 1.165) is 41.2 Å². The third-order valence-electron chi connectivity index (χ3n) is 7.26. The Morgan fingerprint density at radius 3 is 2.67 bits per heavy atom. The fraction of sp³-hybridized carbons (Fsp3) is 0.400. The number of rotatable bonds is 8. The van der Waals surface area contributed by atoms with Crippen molar-refractivity contribution >= 4 is 33.8 Å². The number of nitrogens with one attached hydrogen (secondary N) is 3. The van der Waals surface area contributed by atoms with E-state index in [4.69, 9.17) is 0 Å². The summed E-state index contributed by atoms with van der Waals surface area (Å²) in [5, 5.41) is 10.8. The number of nitrogens with zero attached hydrogens (tertiary/aromatic N) is 4. The third kappa shape index (κ3) is 6.11. The standard InChI is InChI=1S/C30H36F3N7/c1-19-9-10-22(14-34-19)37-25-7-6-8-26-24(25)13-27(40(26)18-30(31,32)33)28-36-16-23(38-28)15-35-20(2)21-11-12-39(17-21)29(3,4)5/h6-8,11-13,17,22,34-35,37H,1-2,9-10,14-16,18H2,3-5H3. The predicted octanol–water partition coefficient (Wildman–Crippen LogP) is 5.90. The third-order valence-corrected chi connectivity index (χ3v) is 7.26. The first-order valence-corrected chi connectivity index (χ1v) is 13.5. The van der Waals surface area contributed by atoms with E-state index in [1.165, 1.54) is 4.57 Å². The number of amidine groups is 1. The summed E-state index contributed by atoms with van der Waals surface area (Å²) in [7, 11) is 0. The van der Waals surface area contributed by atoms with Gasteiger partial charge in [0.2, 0.25) is 0 Å². The first-order chi connectivity index (χ1) is 18.9. The number of halogens is 3. The summed E-state index contributed by atoms with van der Waals surface area (Å²) in [6, 6.07) is 9.32. The van der Waals surface area contributed by atoms with E-state index in [0.29, 0.717) is 42.1 Å². The molecule has 5 rings (SSSR count). The molecule has 212 valence electrons. The molecule has 1 saturated heterocycles. The number of anilines is 1. The van der Waals surface area contributed by atoms with Crippen LogP contribution in [0.25, 0.3) is 16.6 Å². The van der Waals surface area contributed by atoms with Crippen LogP contribution in [0.1, 0.15) is 44.9 Å². The molecule has 0 saturated carbocycles. The van der Waals surface area contributed by atoms with E-state index >= 15 is 0 Å². The van der Waals surface area contributed by atoms with E-state index in [1.54, 1.807) is 18.2 Å².